The molecule has 0 saturated carbocycles. The van der Waals surface area contributed by atoms with E-state index in [1.54, 1.807) is 7.11 Å². The maximum absolute atomic E-state index is 5.65. The number of hydrogen-bond acceptors (Lipinski definition) is 2. The second-order valence-corrected chi connectivity index (χ2v) is 2.74. The van der Waals surface area contributed by atoms with Crippen molar-refractivity contribution >= 4 is 11.3 Å². The quantitative estimate of drug-likeness (QED) is 0.679. The van der Waals surface area contributed by atoms with Crippen LogP contribution in [-0.4, -0.2) is 7.11 Å². The fourth-order valence-corrected chi connectivity index (χ4v) is 0.977. The van der Waals surface area contributed by atoms with E-state index >= 15 is 0 Å². The van der Waals surface area contributed by atoms with E-state index in [1.165, 1.54) is 0 Å². The Morgan fingerprint density at radius 2 is 2.17 bits per heavy atom. The Morgan fingerprint density at radius 3 is 2.67 bits per heavy atom. The molecule has 0 saturated heterocycles. The number of ether oxygens (including phenoxy) is 1. The lowest BCUT2D eigenvalue weighted by Crippen LogP contribution is -1.92. The molecule has 0 atom stereocenters. The first-order valence-electron chi connectivity index (χ1n) is 3.74. The van der Waals surface area contributed by atoms with Gasteiger partial charge < -0.3 is 10.5 Å². The molecular weight excluding hydrogens is 150 g/mol. The van der Waals surface area contributed by atoms with Crippen LogP contribution in [-0.2, 0) is 0 Å². The molecular formula is C10H13NO. The third kappa shape index (κ3) is 1.59. The zero-order valence-corrected chi connectivity index (χ0v) is 7.42. The van der Waals surface area contributed by atoms with Gasteiger partial charge in [-0.2, -0.15) is 0 Å². The van der Waals surface area contributed by atoms with Crippen LogP contribution in [0.1, 0.15) is 12.5 Å². The van der Waals surface area contributed by atoms with Gasteiger partial charge in [0.25, 0.3) is 0 Å². The van der Waals surface area contributed by atoms with Crippen LogP contribution in [0.25, 0.3) is 5.57 Å². The molecule has 0 heterocycles. The van der Waals surface area contributed by atoms with Gasteiger partial charge in [0.2, 0.25) is 0 Å². The van der Waals surface area contributed by atoms with Gasteiger partial charge in [-0.15, -0.1) is 0 Å². The fourth-order valence-electron chi connectivity index (χ4n) is 0.977. The minimum atomic E-state index is 0.655. The minimum absolute atomic E-state index is 0.655. The van der Waals surface area contributed by atoms with Crippen LogP contribution in [0.4, 0.5) is 5.69 Å². The average Bonchev–Trinajstić information content (AvgIpc) is 2.05. The molecule has 64 valence electrons. The van der Waals surface area contributed by atoms with Crippen LogP contribution in [0.5, 0.6) is 5.75 Å². The summed E-state index contributed by atoms with van der Waals surface area (Å²) in [4.78, 5) is 0. The van der Waals surface area contributed by atoms with E-state index in [0.29, 0.717) is 11.4 Å². The summed E-state index contributed by atoms with van der Waals surface area (Å²) in [5.74, 6) is 0.704. The topological polar surface area (TPSA) is 35.2 Å². The number of methoxy groups -OCH3 is 1. The first-order valence-corrected chi connectivity index (χ1v) is 3.74. The van der Waals surface area contributed by atoms with Gasteiger partial charge in [0.1, 0.15) is 5.75 Å². The monoisotopic (exact) mass is 163 g/mol. The van der Waals surface area contributed by atoms with Crippen LogP contribution in [0.3, 0.4) is 0 Å². The summed E-state index contributed by atoms with van der Waals surface area (Å²) >= 11 is 0. The highest BCUT2D eigenvalue weighted by Gasteiger charge is 2.00. The molecule has 0 unspecified atom stereocenters. The highest BCUT2D eigenvalue weighted by molar-refractivity contribution is 5.67. The van der Waals surface area contributed by atoms with E-state index in [9.17, 15) is 0 Å². The Bertz CT molecular complexity index is 305. The molecule has 0 aromatic heterocycles. The average molecular weight is 163 g/mol. The molecule has 0 amide bonds. The van der Waals surface area contributed by atoms with Crippen molar-refractivity contribution in [1.29, 1.82) is 0 Å². The van der Waals surface area contributed by atoms with Crippen LogP contribution < -0.4 is 10.5 Å². The molecule has 2 N–H and O–H groups in total. The maximum atomic E-state index is 5.65. The third-order valence-electron chi connectivity index (χ3n) is 1.73. The van der Waals surface area contributed by atoms with Gasteiger partial charge in [-0.1, -0.05) is 18.2 Å². The molecule has 0 spiro atoms. The summed E-state index contributed by atoms with van der Waals surface area (Å²) < 4.78 is 5.07. The van der Waals surface area contributed by atoms with Crippen LogP contribution in [0.15, 0.2) is 24.8 Å². The van der Waals surface area contributed by atoms with Crippen LogP contribution in [0, 0.1) is 0 Å². The molecule has 1 rings (SSSR count). The first kappa shape index (κ1) is 8.65. The van der Waals surface area contributed by atoms with Gasteiger partial charge in [-0.3, -0.25) is 0 Å². The van der Waals surface area contributed by atoms with Gasteiger partial charge in [0.05, 0.1) is 12.8 Å². The van der Waals surface area contributed by atoms with Crippen molar-refractivity contribution in [2.75, 3.05) is 12.8 Å². The third-order valence-corrected chi connectivity index (χ3v) is 1.73. The van der Waals surface area contributed by atoms with E-state index < -0.39 is 0 Å². The van der Waals surface area contributed by atoms with E-state index in [0.717, 1.165) is 11.1 Å². The highest BCUT2D eigenvalue weighted by Crippen LogP contribution is 2.24. The fraction of sp³-hybridized carbons (Fsp3) is 0.200. The molecule has 12 heavy (non-hydrogen) atoms. The van der Waals surface area contributed by atoms with Crippen molar-refractivity contribution in [3.63, 3.8) is 0 Å². The van der Waals surface area contributed by atoms with Crippen molar-refractivity contribution in [3.05, 3.63) is 30.3 Å². The summed E-state index contributed by atoms with van der Waals surface area (Å²) in [7, 11) is 1.61. The van der Waals surface area contributed by atoms with Gasteiger partial charge >= 0.3 is 0 Å². The Balaban J connectivity index is 3.13. The molecule has 0 bridgehead atoms. The second-order valence-electron chi connectivity index (χ2n) is 2.74. The predicted molar refractivity (Wildman–Crippen MR) is 52.1 cm³/mol. The minimum Gasteiger partial charge on any atom is -0.495 e. The van der Waals surface area contributed by atoms with Crippen molar-refractivity contribution in [2.24, 2.45) is 0 Å². The van der Waals surface area contributed by atoms with Crippen molar-refractivity contribution in [2.45, 2.75) is 6.92 Å². The smallest absolute Gasteiger partial charge is 0.142 e. The molecule has 1 aromatic carbocycles. The van der Waals surface area contributed by atoms with Crippen LogP contribution >= 0.6 is 0 Å². The van der Waals surface area contributed by atoms with Crippen molar-refractivity contribution < 1.29 is 4.74 Å². The lowest BCUT2D eigenvalue weighted by molar-refractivity contribution is 0.417. The van der Waals surface area contributed by atoms with E-state index in [4.69, 9.17) is 10.5 Å². The van der Waals surface area contributed by atoms with E-state index in [-0.39, 0.29) is 0 Å². The zero-order valence-electron chi connectivity index (χ0n) is 7.42. The zero-order chi connectivity index (χ0) is 9.14. The summed E-state index contributed by atoms with van der Waals surface area (Å²) in [5, 5.41) is 0. The van der Waals surface area contributed by atoms with Gasteiger partial charge in [-0.25, -0.2) is 0 Å². The Hall–Kier alpha value is -1.44. The molecule has 0 aliphatic carbocycles. The Kier molecular flexibility index (Phi) is 2.38. The summed E-state index contributed by atoms with van der Waals surface area (Å²) in [6.45, 7) is 5.78. The summed E-state index contributed by atoms with van der Waals surface area (Å²) in [5.41, 5.74) is 8.36. The SMILES string of the molecule is C=C(C)c1ccc(N)c(OC)c1. The molecule has 0 aliphatic rings. The molecule has 2 nitrogen and oxygen atoms in total. The number of benzene rings is 1. The highest BCUT2D eigenvalue weighted by atomic mass is 16.5. The van der Waals surface area contributed by atoms with Gasteiger partial charge in [0, 0.05) is 0 Å². The van der Waals surface area contributed by atoms with Gasteiger partial charge in [0.15, 0.2) is 0 Å². The Morgan fingerprint density at radius 1 is 1.50 bits per heavy atom. The number of nitrogens with two attached hydrogens (primary N) is 1. The van der Waals surface area contributed by atoms with Crippen molar-refractivity contribution in [3.8, 4) is 5.75 Å². The van der Waals surface area contributed by atoms with Crippen molar-refractivity contribution in [1.82, 2.24) is 0 Å². The summed E-state index contributed by atoms with van der Waals surface area (Å²) in [6, 6.07) is 5.64. The molecule has 0 radical (unpaired) electrons. The Labute approximate surface area is 72.7 Å². The molecule has 0 fully saturated rings. The molecule has 2 heteroatoms. The molecule has 1 aromatic rings. The largest absolute Gasteiger partial charge is 0.495 e. The first-order chi connectivity index (χ1) is 5.65. The summed E-state index contributed by atoms with van der Waals surface area (Å²) in [6.07, 6.45) is 0. The number of nitrogen functional groups attached to an aromatic ring is 1. The second kappa shape index (κ2) is 3.30. The maximum Gasteiger partial charge on any atom is 0.142 e. The van der Waals surface area contributed by atoms with Crippen LogP contribution in [0.2, 0.25) is 0 Å². The predicted octanol–water partition coefficient (Wildman–Crippen LogP) is 2.31. The van der Waals surface area contributed by atoms with E-state index in [1.807, 2.05) is 25.1 Å². The van der Waals surface area contributed by atoms with E-state index in [2.05, 4.69) is 6.58 Å². The normalized spacial score (nSPS) is 9.50. The molecule has 0 aliphatic heterocycles. The number of anilines is 1. The lowest BCUT2D eigenvalue weighted by Gasteiger charge is -2.06. The number of allylic oxidation sites excluding steroid dienone is 1. The standard InChI is InChI=1S/C10H13NO/c1-7(2)8-4-5-9(11)10(6-8)12-3/h4-6H,1,11H2,2-3H3. The number of hydrogen-bond donors (Lipinski definition) is 1. The number of rotatable bonds is 2. The lowest BCUT2D eigenvalue weighted by atomic mass is 10.1. The van der Waals surface area contributed by atoms with Gasteiger partial charge in [-0.05, 0) is 24.6 Å².